The minimum atomic E-state index is -7.22. The molecular weight excluding hydrogens is 741 g/mol. The number of hydrogen-bond acceptors (Lipinski definition) is 1. The van der Waals surface area contributed by atoms with Crippen LogP contribution in [-0.4, -0.2) is 19.2 Å². The van der Waals surface area contributed by atoms with Crippen molar-refractivity contribution in [2.45, 2.75) is 13.8 Å². The quantitative estimate of drug-likeness (QED) is 0.103. The molecule has 1 nitrogen and oxygen atoms in total. The fraction of sp³-hybridized carbons (Fsp3) is 0.143. The van der Waals surface area contributed by atoms with E-state index in [1.165, 1.54) is 0 Å². The molecule has 0 saturated carbocycles. The lowest BCUT2D eigenvalue weighted by atomic mass is 9.12. The summed E-state index contributed by atoms with van der Waals surface area (Å²) in [4.78, 5) is 0. The highest BCUT2D eigenvalue weighted by Crippen LogP contribution is 2.30. The molecule has 4 rings (SSSR count). The van der Waals surface area contributed by atoms with Crippen LogP contribution < -0.4 is 27.2 Å². The van der Waals surface area contributed by atoms with E-state index in [1.807, 2.05) is 0 Å². The summed E-state index contributed by atoms with van der Waals surface area (Å²) in [5.74, 6) is -71.4. The highest BCUT2D eigenvalue weighted by atomic mass is 19.2. The molecule has 272 valence electrons. The largest absolute Gasteiger partial charge is 0.317 e. The van der Waals surface area contributed by atoms with Crippen LogP contribution in [0.3, 0.4) is 0 Å². The minimum Gasteiger partial charge on any atom is -0.317 e. The van der Waals surface area contributed by atoms with Crippen LogP contribution >= 0.6 is 0 Å². The monoisotopic (exact) mass is 752 g/mol. The van der Waals surface area contributed by atoms with Gasteiger partial charge in [0.2, 0.25) is 0 Å². The van der Waals surface area contributed by atoms with Crippen molar-refractivity contribution in [3.05, 3.63) is 116 Å². The number of nitrogens with one attached hydrogen (secondary N) is 1. The Balaban J connectivity index is 0.00000126. The SMILES string of the molecule is CCNCC.Fc1c(F)c(F)c([B-](c2c(F)c(F)c(F)c(F)c2F)(c2c(F)c(F)c(F)c(F)c2F)c2c(F)c(F)c(F)c(F)c2F)c(F)c1F. The predicted molar refractivity (Wildman–Crippen MR) is 133 cm³/mol. The summed E-state index contributed by atoms with van der Waals surface area (Å²) >= 11 is 0. The van der Waals surface area contributed by atoms with Crippen LogP contribution in [0.25, 0.3) is 0 Å². The minimum absolute atomic E-state index is 1.09. The van der Waals surface area contributed by atoms with Crippen molar-refractivity contribution in [1.82, 2.24) is 5.32 Å². The summed E-state index contributed by atoms with van der Waals surface area (Å²) in [6.07, 6.45) is -7.22. The molecule has 0 spiro atoms. The molecule has 22 heteroatoms. The first-order valence-corrected chi connectivity index (χ1v) is 13.1. The molecule has 0 aromatic heterocycles. The van der Waals surface area contributed by atoms with Gasteiger partial charge in [0.1, 0.15) is 52.7 Å². The lowest BCUT2D eigenvalue weighted by molar-refractivity contribution is 0.378. The van der Waals surface area contributed by atoms with Gasteiger partial charge in [-0.05, 0) is 13.1 Å². The van der Waals surface area contributed by atoms with Crippen molar-refractivity contribution in [2.24, 2.45) is 0 Å². The molecule has 4 aromatic carbocycles. The Morgan fingerprint density at radius 2 is 0.380 bits per heavy atom. The van der Waals surface area contributed by atoms with Crippen molar-refractivity contribution >= 4 is 28.0 Å². The van der Waals surface area contributed by atoms with Gasteiger partial charge in [-0.2, -0.15) is 0 Å². The maximum absolute atomic E-state index is 15.4. The van der Waals surface area contributed by atoms with Gasteiger partial charge in [0.05, 0.1) is 0 Å². The maximum atomic E-state index is 15.4. The van der Waals surface area contributed by atoms with Crippen LogP contribution in [0.1, 0.15) is 13.8 Å². The van der Waals surface area contributed by atoms with Crippen molar-refractivity contribution in [2.75, 3.05) is 13.1 Å². The van der Waals surface area contributed by atoms with E-state index in [4.69, 9.17) is 0 Å². The lowest BCUT2D eigenvalue weighted by Gasteiger charge is -2.44. The first-order chi connectivity index (χ1) is 23.1. The summed E-state index contributed by atoms with van der Waals surface area (Å²) in [6, 6.07) is 0. The zero-order chi connectivity index (χ0) is 38.5. The molecule has 0 amide bonds. The van der Waals surface area contributed by atoms with Crippen molar-refractivity contribution < 1.29 is 87.8 Å². The summed E-state index contributed by atoms with van der Waals surface area (Å²) in [5.41, 5.74) is -14.3. The second kappa shape index (κ2) is 14.4. The normalized spacial score (nSPS) is 11.6. The van der Waals surface area contributed by atoms with E-state index in [2.05, 4.69) is 19.2 Å². The number of benzene rings is 4. The molecule has 0 bridgehead atoms. The van der Waals surface area contributed by atoms with Gasteiger partial charge in [-0.25, -0.2) is 87.8 Å². The fourth-order valence-electron chi connectivity index (χ4n) is 5.12. The predicted octanol–water partition coefficient (Wildman–Crippen LogP) is 6.46. The Bertz CT molecular complexity index is 1630. The molecule has 0 saturated heterocycles. The topological polar surface area (TPSA) is 12.0 Å². The van der Waals surface area contributed by atoms with Gasteiger partial charge in [-0.1, -0.05) is 13.8 Å². The summed E-state index contributed by atoms with van der Waals surface area (Å²) in [6.45, 7) is 6.39. The number of halogens is 20. The molecule has 0 fully saturated rings. The number of hydrogen-bond donors (Lipinski definition) is 1. The van der Waals surface area contributed by atoms with Crippen molar-refractivity contribution in [3.8, 4) is 0 Å². The van der Waals surface area contributed by atoms with E-state index < -0.39 is 144 Å². The van der Waals surface area contributed by atoms with Gasteiger partial charge < -0.3 is 5.32 Å². The summed E-state index contributed by atoms with van der Waals surface area (Å²) < 4.78 is 294. The third kappa shape index (κ3) is 5.69. The van der Waals surface area contributed by atoms with Crippen LogP contribution in [0.2, 0.25) is 0 Å². The smallest absolute Gasteiger partial charge is 0.200 e. The second-order valence-corrected chi connectivity index (χ2v) is 9.76. The van der Waals surface area contributed by atoms with Crippen LogP contribution in [-0.2, 0) is 0 Å². The fourth-order valence-corrected chi connectivity index (χ4v) is 5.12. The molecule has 1 N–H and O–H groups in total. The highest BCUT2D eigenvalue weighted by molar-refractivity contribution is 7.20. The van der Waals surface area contributed by atoms with Gasteiger partial charge >= 0.3 is 0 Å². The first kappa shape index (κ1) is 39.9. The Labute approximate surface area is 265 Å². The van der Waals surface area contributed by atoms with Crippen LogP contribution in [0.5, 0.6) is 0 Å². The van der Waals surface area contributed by atoms with E-state index in [9.17, 15) is 52.7 Å². The highest BCUT2D eigenvalue weighted by Gasteiger charge is 2.52. The summed E-state index contributed by atoms with van der Waals surface area (Å²) in [5, 5.41) is 3.11. The van der Waals surface area contributed by atoms with Gasteiger partial charge in [-0.3, -0.25) is 0 Å². The number of rotatable bonds is 6. The standard InChI is InChI=1S/C24BF20.C4H11N/c26-5-1(6(27)14(35)21(42)13(5)34)25(2-7(28)15(36)22(43)16(37)8(2)29,3-9(30)17(38)23(44)18(39)10(3)31)4-11(32)19(40)24(45)20(41)12(4)33;1-3-5-4-2/h;5H,3-4H2,1-2H3/q-1;. The third-order valence-corrected chi connectivity index (χ3v) is 7.21. The Kier molecular flexibility index (Phi) is 11.5. The zero-order valence-corrected chi connectivity index (χ0v) is 24.1. The van der Waals surface area contributed by atoms with E-state index >= 15 is 35.1 Å². The van der Waals surface area contributed by atoms with Gasteiger partial charge in [0.15, 0.2) is 69.8 Å². The van der Waals surface area contributed by atoms with Crippen LogP contribution in [0, 0.1) is 116 Å². The van der Waals surface area contributed by atoms with Crippen LogP contribution in [0.15, 0.2) is 0 Å². The molecule has 0 aliphatic carbocycles. The Morgan fingerprint density at radius 3 is 0.480 bits per heavy atom. The van der Waals surface area contributed by atoms with Gasteiger partial charge in [0.25, 0.3) is 0 Å². The average Bonchev–Trinajstić information content (AvgIpc) is 3.08. The summed E-state index contributed by atoms with van der Waals surface area (Å²) in [7, 11) is 0. The molecule has 0 radical (unpaired) electrons. The van der Waals surface area contributed by atoms with E-state index in [0.717, 1.165) is 13.1 Å². The average molecular weight is 752 g/mol. The molecule has 4 aromatic rings. The van der Waals surface area contributed by atoms with E-state index in [0.29, 0.717) is 0 Å². The molecule has 0 aliphatic rings. The van der Waals surface area contributed by atoms with Crippen molar-refractivity contribution in [3.63, 3.8) is 0 Å². The zero-order valence-electron chi connectivity index (χ0n) is 24.1. The van der Waals surface area contributed by atoms with E-state index in [-0.39, 0.29) is 0 Å². The van der Waals surface area contributed by atoms with Crippen LogP contribution in [0.4, 0.5) is 87.8 Å². The molecule has 50 heavy (non-hydrogen) atoms. The van der Waals surface area contributed by atoms with E-state index in [1.54, 1.807) is 0 Å². The molecule has 0 aliphatic heterocycles. The Morgan fingerprint density at radius 1 is 0.260 bits per heavy atom. The first-order valence-electron chi connectivity index (χ1n) is 13.1. The van der Waals surface area contributed by atoms with Gasteiger partial charge in [-0.15, -0.1) is 21.9 Å². The second-order valence-electron chi connectivity index (χ2n) is 9.76. The van der Waals surface area contributed by atoms with Gasteiger partial charge in [0, 0.05) is 0 Å². The lowest BCUT2D eigenvalue weighted by Crippen LogP contribution is -2.81. The Hall–Kier alpha value is -4.50. The maximum Gasteiger partial charge on any atom is 0.200 e. The van der Waals surface area contributed by atoms with Crippen molar-refractivity contribution in [1.29, 1.82) is 0 Å². The third-order valence-electron chi connectivity index (χ3n) is 7.21. The molecule has 0 heterocycles. The molecule has 0 atom stereocenters. The molecule has 0 unspecified atom stereocenters. The molecular formula is C28H11BF20N-.